The first-order valence-corrected chi connectivity index (χ1v) is 9.89. The first kappa shape index (κ1) is 18.7. The highest BCUT2D eigenvalue weighted by molar-refractivity contribution is 5.75. The lowest BCUT2D eigenvalue weighted by molar-refractivity contribution is -0.0242. The molecule has 0 aromatic carbocycles. The molecule has 9 heteroatoms. The highest BCUT2D eigenvalue weighted by Crippen LogP contribution is 2.40. The zero-order valence-corrected chi connectivity index (χ0v) is 16.5. The fraction of sp³-hybridized carbons (Fsp3) is 0.579. The van der Waals surface area contributed by atoms with Gasteiger partial charge in [-0.2, -0.15) is 4.68 Å². The van der Waals surface area contributed by atoms with Gasteiger partial charge >= 0.3 is 11.7 Å². The van der Waals surface area contributed by atoms with Crippen LogP contribution in [-0.2, 0) is 4.74 Å². The summed E-state index contributed by atoms with van der Waals surface area (Å²) in [6, 6.07) is -0.555. The number of allylic oxidation sites excluding steroid dienone is 4. The molecule has 1 aromatic rings. The lowest BCUT2D eigenvalue weighted by atomic mass is 10.1. The SMILES string of the molecule is CC1CC2=CC=COC2=C1n1nnn(C(=O)N(C(C)C)N2CCCCC2)c1=O. The van der Waals surface area contributed by atoms with Gasteiger partial charge in [-0.05, 0) is 55.2 Å². The second kappa shape index (κ2) is 7.38. The van der Waals surface area contributed by atoms with E-state index in [-0.39, 0.29) is 12.0 Å². The summed E-state index contributed by atoms with van der Waals surface area (Å²) >= 11 is 0. The van der Waals surface area contributed by atoms with Crippen LogP contribution in [-0.4, -0.2) is 55.0 Å². The molecule has 3 aliphatic rings. The average Bonchev–Trinajstić information content (AvgIpc) is 3.21. The van der Waals surface area contributed by atoms with Crippen LogP contribution in [0.2, 0.25) is 0 Å². The van der Waals surface area contributed by atoms with Crippen LogP contribution in [0.3, 0.4) is 0 Å². The van der Waals surface area contributed by atoms with Crippen LogP contribution in [0.5, 0.6) is 0 Å². The molecule has 1 amide bonds. The third-order valence-electron chi connectivity index (χ3n) is 5.39. The van der Waals surface area contributed by atoms with Crippen LogP contribution in [0.25, 0.3) is 5.70 Å². The number of aromatic nitrogens is 4. The summed E-state index contributed by atoms with van der Waals surface area (Å²) in [5.74, 6) is 0.677. The van der Waals surface area contributed by atoms with Gasteiger partial charge in [-0.15, -0.1) is 4.68 Å². The molecule has 1 fully saturated rings. The molecule has 0 bridgehead atoms. The Kier molecular flexibility index (Phi) is 4.92. The summed E-state index contributed by atoms with van der Waals surface area (Å²) in [6.07, 6.45) is 9.36. The molecule has 1 saturated heterocycles. The van der Waals surface area contributed by atoms with Crippen LogP contribution in [0.4, 0.5) is 4.79 Å². The summed E-state index contributed by atoms with van der Waals surface area (Å²) < 4.78 is 7.69. The third-order valence-corrected chi connectivity index (χ3v) is 5.39. The normalized spacial score (nSPS) is 22.3. The number of rotatable bonds is 3. The Hall–Kier alpha value is -2.68. The number of carbonyl (C=O) groups excluding carboxylic acids is 1. The van der Waals surface area contributed by atoms with Crippen molar-refractivity contribution >= 4 is 11.7 Å². The summed E-state index contributed by atoms with van der Waals surface area (Å²) in [5.41, 5.74) is 1.10. The maximum Gasteiger partial charge on any atom is 0.377 e. The molecule has 0 radical (unpaired) electrons. The van der Waals surface area contributed by atoms with Gasteiger partial charge in [-0.3, -0.25) is 5.01 Å². The molecular formula is C19H26N6O3. The van der Waals surface area contributed by atoms with E-state index in [2.05, 4.69) is 10.4 Å². The zero-order valence-electron chi connectivity index (χ0n) is 16.5. The smallest absolute Gasteiger partial charge is 0.377 e. The van der Waals surface area contributed by atoms with Gasteiger partial charge in [0, 0.05) is 25.0 Å². The number of amides is 1. The molecule has 3 heterocycles. The van der Waals surface area contributed by atoms with Crippen molar-refractivity contribution in [3.05, 3.63) is 40.2 Å². The van der Waals surface area contributed by atoms with E-state index in [1.54, 1.807) is 11.3 Å². The summed E-state index contributed by atoms with van der Waals surface area (Å²) in [6.45, 7) is 7.48. The summed E-state index contributed by atoms with van der Waals surface area (Å²) in [5, 5.41) is 11.5. The second-order valence-corrected chi connectivity index (χ2v) is 7.78. The molecule has 1 unspecified atom stereocenters. The predicted octanol–water partition coefficient (Wildman–Crippen LogP) is 2.20. The average molecular weight is 386 g/mol. The number of tetrazole rings is 1. The molecule has 4 rings (SSSR count). The Bertz CT molecular complexity index is 916. The molecular weight excluding hydrogens is 360 g/mol. The number of ether oxygens (including phenoxy) is 1. The monoisotopic (exact) mass is 386 g/mol. The fourth-order valence-corrected chi connectivity index (χ4v) is 4.13. The van der Waals surface area contributed by atoms with Crippen LogP contribution >= 0.6 is 0 Å². The lowest BCUT2D eigenvalue weighted by Gasteiger charge is -2.39. The van der Waals surface area contributed by atoms with Crippen molar-refractivity contribution in [1.82, 2.24) is 29.8 Å². The number of nitrogens with zero attached hydrogens (tertiary/aromatic N) is 6. The standard InChI is InChI=1S/C19H26N6O3/c1-13(2)25(22-9-5-4-6-10-22)19(27)24-18(26)23(20-21-24)16-14(3)12-15-8-7-11-28-17(15)16/h7-8,11,13-14H,4-6,9-10,12H2,1-3H3. The van der Waals surface area contributed by atoms with Crippen LogP contribution in [0, 0.1) is 5.92 Å². The number of carbonyl (C=O) groups is 1. The van der Waals surface area contributed by atoms with Crippen molar-refractivity contribution < 1.29 is 9.53 Å². The Morgan fingerprint density at radius 1 is 1.25 bits per heavy atom. The molecule has 1 aliphatic carbocycles. The Morgan fingerprint density at radius 2 is 2.00 bits per heavy atom. The molecule has 0 saturated carbocycles. The molecule has 2 aliphatic heterocycles. The predicted molar refractivity (Wildman–Crippen MR) is 103 cm³/mol. The van der Waals surface area contributed by atoms with E-state index in [0.29, 0.717) is 11.5 Å². The topological polar surface area (TPSA) is 85.5 Å². The fourth-order valence-electron chi connectivity index (χ4n) is 4.13. The lowest BCUT2D eigenvalue weighted by Crippen LogP contribution is -2.55. The van der Waals surface area contributed by atoms with E-state index in [0.717, 1.165) is 49.0 Å². The summed E-state index contributed by atoms with van der Waals surface area (Å²) in [7, 11) is 0. The first-order valence-electron chi connectivity index (χ1n) is 9.89. The molecule has 1 atom stereocenters. The molecule has 9 nitrogen and oxygen atoms in total. The maximum atomic E-state index is 13.2. The van der Waals surface area contributed by atoms with Gasteiger partial charge in [0.15, 0.2) is 5.76 Å². The van der Waals surface area contributed by atoms with Gasteiger partial charge < -0.3 is 4.74 Å². The van der Waals surface area contributed by atoms with Gasteiger partial charge in [-0.25, -0.2) is 14.6 Å². The minimum Gasteiger partial charge on any atom is -0.463 e. The van der Waals surface area contributed by atoms with Gasteiger partial charge in [0.25, 0.3) is 0 Å². The quantitative estimate of drug-likeness (QED) is 0.741. The van der Waals surface area contributed by atoms with E-state index in [1.807, 2.05) is 37.9 Å². The number of hydrogen-bond acceptors (Lipinski definition) is 6. The van der Waals surface area contributed by atoms with Crippen molar-refractivity contribution in [1.29, 1.82) is 0 Å². The molecule has 28 heavy (non-hydrogen) atoms. The van der Waals surface area contributed by atoms with Crippen LogP contribution in [0.1, 0.15) is 46.5 Å². The van der Waals surface area contributed by atoms with Gasteiger partial charge in [0.2, 0.25) is 0 Å². The van der Waals surface area contributed by atoms with Crippen molar-refractivity contribution in [2.45, 2.75) is 52.5 Å². The highest BCUT2D eigenvalue weighted by atomic mass is 16.5. The molecule has 0 spiro atoms. The number of fused-ring (bicyclic) bond motifs is 1. The van der Waals surface area contributed by atoms with Gasteiger partial charge in [0.1, 0.15) is 0 Å². The third kappa shape index (κ3) is 3.09. The van der Waals surface area contributed by atoms with Crippen molar-refractivity contribution in [3.8, 4) is 0 Å². The van der Waals surface area contributed by atoms with Crippen molar-refractivity contribution in [2.75, 3.05) is 13.1 Å². The minimum atomic E-state index is -0.568. The van der Waals surface area contributed by atoms with Gasteiger partial charge in [0.05, 0.1) is 12.0 Å². The molecule has 0 N–H and O–H groups in total. The van der Waals surface area contributed by atoms with Crippen LogP contribution < -0.4 is 5.69 Å². The number of hydrazine groups is 1. The van der Waals surface area contributed by atoms with E-state index in [4.69, 9.17) is 4.74 Å². The Labute approximate surface area is 163 Å². The van der Waals surface area contributed by atoms with E-state index < -0.39 is 11.7 Å². The van der Waals surface area contributed by atoms with E-state index >= 15 is 0 Å². The molecule has 150 valence electrons. The number of piperidine rings is 1. The minimum absolute atomic E-state index is 0.0439. The Balaban J connectivity index is 1.68. The van der Waals surface area contributed by atoms with E-state index in [1.165, 1.54) is 4.68 Å². The second-order valence-electron chi connectivity index (χ2n) is 7.78. The zero-order chi connectivity index (χ0) is 19.8. The highest BCUT2D eigenvalue weighted by Gasteiger charge is 2.35. The first-order chi connectivity index (χ1) is 13.5. The van der Waals surface area contributed by atoms with Crippen LogP contribution in [0.15, 0.2) is 34.5 Å². The summed E-state index contributed by atoms with van der Waals surface area (Å²) in [4.78, 5) is 26.2. The van der Waals surface area contributed by atoms with Gasteiger partial charge in [-0.1, -0.05) is 19.4 Å². The van der Waals surface area contributed by atoms with E-state index in [9.17, 15) is 9.59 Å². The number of hydrogen-bond donors (Lipinski definition) is 0. The largest absolute Gasteiger partial charge is 0.463 e. The Morgan fingerprint density at radius 3 is 2.71 bits per heavy atom. The van der Waals surface area contributed by atoms with Crippen molar-refractivity contribution in [3.63, 3.8) is 0 Å². The molecule has 1 aromatic heterocycles. The van der Waals surface area contributed by atoms with Crippen molar-refractivity contribution in [2.24, 2.45) is 5.92 Å². The maximum absolute atomic E-state index is 13.2.